The molecule has 6 nitrogen and oxygen atoms in total. The Balaban J connectivity index is 1.44. The maximum atomic E-state index is 12.0. The molecule has 0 atom stereocenters. The van der Waals surface area contributed by atoms with Crippen LogP contribution < -0.4 is 10.1 Å². The van der Waals surface area contributed by atoms with Crippen LogP contribution >= 0.6 is 34.3 Å². The summed E-state index contributed by atoms with van der Waals surface area (Å²) in [7, 11) is 0. The van der Waals surface area contributed by atoms with Gasteiger partial charge in [0.15, 0.2) is 5.13 Å². The van der Waals surface area contributed by atoms with Crippen LogP contribution in [0.15, 0.2) is 48.0 Å². The molecule has 9 heteroatoms. The number of aromatic nitrogens is 2. The number of carbonyl (C=O) groups is 1. The van der Waals surface area contributed by atoms with Gasteiger partial charge < -0.3 is 15.2 Å². The van der Waals surface area contributed by atoms with Crippen LogP contribution in [0.5, 0.6) is 5.75 Å². The zero-order chi connectivity index (χ0) is 25.2. The van der Waals surface area contributed by atoms with Gasteiger partial charge in [0, 0.05) is 27.1 Å². The lowest BCUT2D eigenvalue weighted by Crippen LogP contribution is -2.05. The largest absolute Gasteiger partial charge is 0.492 e. The second-order valence-electron chi connectivity index (χ2n) is 9.32. The summed E-state index contributed by atoms with van der Waals surface area (Å²) in [6.45, 7) is 5.02. The van der Waals surface area contributed by atoms with Crippen molar-refractivity contribution in [3.05, 3.63) is 63.4 Å². The topological polar surface area (TPSA) is 84.3 Å². The van der Waals surface area contributed by atoms with Crippen LogP contribution in [0.1, 0.15) is 41.9 Å². The second kappa shape index (κ2) is 10.6. The Morgan fingerprint density at radius 3 is 2.75 bits per heavy atom. The molecular formula is C27H26ClN3O3S2. The SMILES string of the molecule is CC(C)Cc1sc(Nc2ncc(-c3cccs3)cc2C(=O)O)nc1-c1ccc(OCC2CC2)c(Cl)c1. The van der Waals surface area contributed by atoms with Crippen molar-refractivity contribution in [3.63, 3.8) is 0 Å². The first-order valence-corrected chi connectivity index (χ1v) is 13.9. The van der Waals surface area contributed by atoms with E-state index in [9.17, 15) is 9.90 Å². The van der Waals surface area contributed by atoms with E-state index in [1.165, 1.54) is 24.2 Å². The molecule has 3 aromatic heterocycles. The van der Waals surface area contributed by atoms with Gasteiger partial charge in [-0.1, -0.05) is 31.5 Å². The molecule has 4 aromatic rings. The molecule has 0 spiro atoms. The van der Waals surface area contributed by atoms with Crippen molar-refractivity contribution in [1.82, 2.24) is 9.97 Å². The van der Waals surface area contributed by atoms with Crippen LogP contribution in [0.4, 0.5) is 10.9 Å². The van der Waals surface area contributed by atoms with Crippen molar-refractivity contribution in [2.75, 3.05) is 11.9 Å². The molecular weight excluding hydrogens is 514 g/mol. The first-order chi connectivity index (χ1) is 17.4. The van der Waals surface area contributed by atoms with Gasteiger partial charge in [-0.2, -0.15) is 0 Å². The molecule has 5 rings (SSSR count). The van der Waals surface area contributed by atoms with E-state index < -0.39 is 5.97 Å². The van der Waals surface area contributed by atoms with Gasteiger partial charge in [-0.15, -0.1) is 22.7 Å². The van der Waals surface area contributed by atoms with Gasteiger partial charge in [-0.3, -0.25) is 0 Å². The quantitative estimate of drug-likeness (QED) is 0.212. The average Bonchev–Trinajstić information content (AvgIpc) is 3.34. The number of halogens is 1. The summed E-state index contributed by atoms with van der Waals surface area (Å²) >= 11 is 9.60. The van der Waals surface area contributed by atoms with Crippen molar-refractivity contribution >= 4 is 51.2 Å². The lowest BCUT2D eigenvalue weighted by atomic mass is 10.0. The third kappa shape index (κ3) is 5.72. The fourth-order valence-corrected chi connectivity index (χ4v) is 5.94. The summed E-state index contributed by atoms with van der Waals surface area (Å²) in [6, 6.07) is 11.3. The molecule has 1 aromatic carbocycles. The Labute approximate surface area is 223 Å². The lowest BCUT2D eigenvalue weighted by Gasteiger charge is -2.10. The highest BCUT2D eigenvalue weighted by Gasteiger charge is 2.23. The highest BCUT2D eigenvalue weighted by Crippen LogP contribution is 2.38. The Kier molecular flexibility index (Phi) is 7.27. The number of thiophene rings is 1. The third-order valence-corrected chi connectivity index (χ3v) is 8.02. The highest BCUT2D eigenvalue weighted by molar-refractivity contribution is 7.16. The van der Waals surface area contributed by atoms with Crippen molar-refractivity contribution in [2.24, 2.45) is 11.8 Å². The standard InChI is InChI=1S/C27H26ClN3O3S2/c1-15(2)10-23-24(17-7-8-21(20(28)12-17)34-14-16-5-6-16)30-27(36-23)31-25-19(26(32)33)11-18(13-29-25)22-4-3-9-35-22/h3-4,7-9,11-13,15-16H,5-6,10,14H2,1-2H3,(H,32,33)(H,29,30,31). The van der Waals surface area contributed by atoms with Crippen LogP contribution in [0.2, 0.25) is 5.02 Å². The Morgan fingerprint density at radius 2 is 2.08 bits per heavy atom. The van der Waals surface area contributed by atoms with Crippen LogP contribution in [-0.4, -0.2) is 27.7 Å². The molecule has 0 saturated heterocycles. The fraction of sp³-hybridized carbons (Fsp3) is 0.296. The van der Waals surface area contributed by atoms with Crippen molar-refractivity contribution in [2.45, 2.75) is 33.1 Å². The number of hydrogen-bond acceptors (Lipinski definition) is 7. The normalized spacial score (nSPS) is 13.2. The van der Waals surface area contributed by atoms with E-state index >= 15 is 0 Å². The summed E-state index contributed by atoms with van der Waals surface area (Å²) in [5, 5.41) is 16.1. The lowest BCUT2D eigenvalue weighted by molar-refractivity contribution is 0.0697. The van der Waals surface area contributed by atoms with Gasteiger partial charge in [0.1, 0.15) is 17.1 Å². The fourth-order valence-electron chi connectivity index (χ4n) is 3.80. The average molecular weight is 540 g/mol. The Bertz CT molecular complexity index is 1380. The first-order valence-electron chi connectivity index (χ1n) is 11.8. The van der Waals surface area contributed by atoms with E-state index in [-0.39, 0.29) is 11.4 Å². The molecule has 0 bridgehead atoms. The van der Waals surface area contributed by atoms with E-state index in [0.717, 1.165) is 33.0 Å². The first kappa shape index (κ1) is 24.7. The number of carboxylic acid groups (broad SMARTS) is 1. The number of nitrogens with zero attached hydrogens (tertiary/aromatic N) is 2. The van der Waals surface area contributed by atoms with Gasteiger partial charge in [0.25, 0.3) is 0 Å². The molecule has 3 heterocycles. The van der Waals surface area contributed by atoms with Crippen molar-refractivity contribution in [3.8, 4) is 27.4 Å². The number of anilines is 2. The predicted molar refractivity (Wildman–Crippen MR) is 147 cm³/mol. The van der Waals surface area contributed by atoms with Crippen LogP contribution in [0.3, 0.4) is 0 Å². The monoisotopic (exact) mass is 539 g/mol. The van der Waals surface area contributed by atoms with E-state index in [2.05, 4.69) is 24.1 Å². The maximum absolute atomic E-state index is 12.0. The van der Waals surface area contributed by atoms with Crippen molar-refractivity contribution in [1.29, 1.82) is 0 Å². The smallest absolute Gasteiger partial charge is 0.339 e. The molecule has 1 aliphatic carbocycles. The Morgan fingerprint density at radius 1 is 1.25 bits per heavy atom. The molecule has 1 fully saturated rings. The number of pyridine rings is 1. The van der Waals surface area contributed by atoms with Crippen LogP contribution in [-0.2, 0) is 6.42 Å². The molecule has 0 amide bonds. The molecule has 1 saturated carbocycles. The van der Waals surface area contributed by atoms with Crippen LogP contribution in [0.25, 0.3) is 21.7 Å². The molecule has 0 radical (unpaired) electrons. The Hall–Kier alpha value is -2.94. The number of hydrogen-bond donors (Lipinski definition) is 2. The zero-order valence-corrected chi connectivity index (χ0v) is 22.3. The van der Waals surface area contributed by atoms with Gasteiger partial charge >= 0.3 is 5.97 Å². The summed E-state index contributed by atoms with van der Waals surface area (Å²) < 4.78 is 5.88. The molecule has 36 heavy (non-hydrogen) atoms. The number of rotatable bonds is 10. The van der Waals surface area contributed by atoms with Crippen molar-refractivity contribution < 1.29 is 14.6 Å². The second-order valence-corrected chi connectivity index (χ2v) is 11.8. The molecule has 0 aliphatic heterocycles. The summed E-state index contributed by atoms with van der Waals surface area (Å²) in [4.78, 5) is 23.4. The molecule has 0 unspecified atom stereocenters. The van der Waals surface area contributed by atoms with Gasteiger partial charge in [0.05, 0.1) is 17.3 Å². The van der Waals surface area contributed by atoms with Gasteiger partial charge in [0.2, 0.25) is 0 Å². The van der Waals surface area contributed by atoms with Crippen LogP contribution in [0, 0.1) is 11.8 Å². The van der Waals surface area contributed by atoms with E-state index in [0.29, 0.717) is 34.3 Å². The van der Waals surface area contributed by atoms with E-state index in [4.69, 9.17) is 21.3 Å². The molecule has 186 valence electrons. The van der Waals surface area contributed by atoms with Gasteiger partial charge in [-0.05, 0) is 66.8 Å². The summed E-state index contributed by atoms with van der Waals surface area (Å²) in [6.07, 6.45) is 4.96. The third-order valence-electron chi connectivity index (χ3n) is 5.82. The number of thiazole rings is 1. The minimum absolute atomic E-state index is 0.100. The number of nitrogens with one attached hydrogen (secondary N) is 1. The minimum atomic E-state index is -1.05. The number of aromatic carboxylic acids is 1. The summed E-state index contributed by atoms with van der Waals surface area (Å²) in [5.74, 6) is 0.977. The molecule has 1 aliphatic rings. The minimum Gasteiger partial charge on any atom is -0.492 e. The molecule has 2 N–H and O–H groups in total. The van der Waals surface area contributed by atoms with E-state index in [1.54, 1.807) is 23.6 Å². The number of ether oxygens (including phenoxy) is 1. The summed E-state index contributed by atoms with van der Waals surface area (Å²) in [5.41, 5.74) is 2.60. The number of carboxylic acids is 1. The highest BCUT2D eigenvalue weighted by atomic mass is 35.5. The predicted octanol–water partition coefficient (Wildman–Crippen LogP) is 8.02. The maximum Gasteiger partial charge on any atom is 0.339 e. The zero-order valence-electron chi connectivity index (χ0n) is 20.0. The number of benzene rings is 1. The van der Waals surface area contributed by atoms with Gasteiger partial charge in [-0.25, -0.2) is 14.8 Å². The van der Waals surface area contributed by atoms with E-state index in [1.807, 2.05) is 35.7 Å².